The van der Waals surface area contributed by atoms with E-state index in [1.807, 2.05) is 0 Å². The summed E-state index contributed by atoms with van der Waals surface area (Å²) in [5, 5.41) is 3.35. The molecular weight excluding hydrogens is 288 g/mol. The van der Waals surface area contributed by atoms with Crippen LogP contribution in [0.5, 0.6) is 0 Å². The van der Waals surface area contributed by atoms with Crippen molar-refractivity contribution in [3.63, 3.8) is 0 Å². The van der Waals surface area contributed by atoms with Crippen molar-refractivity contribution in [2.75, 3.05) is 12.4 Å². The smallest absolute Gasteiger partial charge is 0.341 e. The normalized spacial score (nSPS) is 12.8. The van der Waals surface area contributed by atoms with Gasteiger partial charge in [-0.1, -0.05) is 6.07 Å². The van der Waals surface area contributed by atoms with Gasteiger partial charge >= 0.3 is 5.97 Å². The van der Waals surface area contributed by atoms with Gasteiger partial charge in [0.05, 0.1) is 12.7 Å². The third kappa shape index (κ3) is 2.54. The maximum absolute atomic E-state index is 12.2. The second-order valence-corrected chi connectivity index (χ2v) is 5.83. The molecule has 1 N–H and O–H groups in total. The molecule has 0 saturated carbocycles. The van der Waals surface area contributed by atoms with Crippen molar-refractivity contribution in [2.24, 2.45) is 0 Å². The van der Waals surface area contributed by atoms with Crippen LogP contribution in [0.15, 0.2) is 24.4 Å². The maximum Gasteiger partial charge on any atom is 0.341 e. The Labute approximate surface area is 126 Å². The molecule has 1 aliphatic carbocycles. The summed E-state index contributed by atoms with van der Waals surface area (Å²) in [6.45, 7) is 0. The number of rotatable bonds is 3. The summed E-state index contributed by atoms with van der Waals surface area (Å²) < 4.78 is 4.85. The molecule has 2 heterocycles. The molecule has 0 unspecified atom stereocenters. The SMILES string of the molecule is COC(=O)c1c(NC(=O)c2ccccn2)sc2c1CCC2. The first-order valence-electron chi connectivity index (χ1n) is 6.66. The summed E-state index contributed by atoms with van der Waals surface area (Å²) in [6.07, 6.45) is 4.41. The van der Waals surface area contributed by atoms with Gasteiger partial charge in [0, 0.05) is 11.1 Å². The van der Waals surface area contributed by atoms with E-state index in [4.69, 9.17) is 4.74 Å². The van der Waals surface area contributed by atoms with E-state index in [1.165, 1.54) is 18.4 Å². The van der Waals surface area contributed by atoms with Gasteiger partial charge in [0.1, 0.15) is 10.7 Å². The molecule has 0 radical (unpaired) electrons. The van der Waals surface area contributed by atoms with Gasteiger partial charge in [0.15, 0.2) is 0 Å². The minimum absolute atomic E-state index is 0.319. The number of pyridine rings is 1. The predicted molar refractivity (Wildman–Crippen MR) is 79.9 cm³/mol. The summed E-state index contributed by atoms with van der Waals surface area (Å²) in [5.74, 6) is -0.716. The lowest BCUT2D eigenvalue weighted by Gasteiger charge is -2.06. The molecule has 108 valence electrons. The van der Waals surface area contributed by atoms with E-state index in [0.29, 0.717) is 16.3 Å². The molecule has 0 spiro atoms. The van der Waals surface area contributed by atoms with Crippen molar-refractivity contribution < 1.29 is 14.3 Å². The minimum atomic E-state index is -0.397. The topological polar surface area (TPSA) is 68.3 Å². The number of anilines is 1. The number of aromatic nitrogens is 1. The van der Waals surface area contributed by atoms with Crippen molar-refractivity contribution in [3.05, 3.63) is 46.1 Å². The highest BCUT2D eigenvalue weighted by Gasteiger charge is 2.28. The van der Waals surface area contributed by atoms with Gasteiger partial charge in [0.2, 0.25) is 0 Å². The van der Waals surface area contributed by atoms with Crippen molar-refractivity contribution in [2.45, 2.75) is 19.3 Å². The number of aryl methyl sites for hydroxylation is 1. The van der Waals surface area contributed by atoms with E-state index in [1.54, 1.807) is 24.4 Å². The third-order valence-corrected chi connectivity index (χ3v) is 4.64. The van der Waals surface area contributed by atoms with Gasteiger partial charge in [-0.3, -0.25) is 9.78 Å². The summed E-state index contributed by atoms with van der Waals surface area (Å²) >= 11 is 1.45. The molecule has 1 amide bonds. The highest BCUT2D eigenvalue weighted by Crippen LogP contribution is 2.39. The molecule has 5 nitrogen and oxygen atoms in total. The lowest BCUT2D eigenvalue weighted by molar-refractivity contribution is 0.0601. The van der Waals surface area contributed by atoms with Gasteiger partial charge in [0.25, 0.3) is 5.91 Å². The first-order valence-corrected chi connectivity index (χ1v) is 7.47. The third-order valence-electron chi connectivity index (χ3n) is 3.44. The fraction of sp³-hybridized carbons (Fsp3) is 0.267. The number of methoxy groups -OCH3 is 1. The first-order chi connectivity index (χ1) is 10.2. The molecule has 2 aromatic heterocycles. The molecule has 0 bridgehead atoms. The molecule has 21 heavy (non-hydrogen) atoms. The Balaban J connectivity index is 1.92. The van der Waals surface area contributed by atoms with Gasteiger partial charge in [-0.15, -0.1) is 11.3 Å². The Morgan fingerprint density at radius 2 is 2.19 bits per heavy atom. The summed E-state index contributed by atoms with van der Waals surface area (Å²) in [6, 6.07) is 5.13. The van der Waals surface area contributed by atoms with E-state index in [9.17, 15) is 9.59 Å². The van der Waals surface area contributed by atoms with E-state index < -0.39 is 5.97 Å². The number of thiophene rings is 1. The molecule has 0 saturated heterocycles. The van der Waals surface area contributed by atoms with Gasteiger partial charge in [-0.2, -0.15) is 0 Å². The van der Waals surface area contributed by atoms with E-state index in [-0.39, 0.29) is 5.91 Å². The Morgan fingerprint density at radius 1 is 1.33 bits per heavy atom. The molecule has 0 aromatic carbocycles. The van der Waals surface area contributed by atoms with Gasteiger partial charge in [-0.05, 0) is 37.0 Å². The molecule has 3 rings (SSSR count). The molecule has 6 heteroatoms. The number of nitrogens with one attached hydrogen (secondary N) is 1. The van der Waals surface area contributed by atoms with Crippen LogP contribution >= 0.6 is 11.3 Å². The van der Waals surface area contributed by atoms with Crippen LogP contribution in [0.4, 0.5) is 5.00 Å². The van der Waals surface area contributed by atoms with Crippen LogP contribution in [0.3, 0.4) is 0 Å². The molecule has 2 aromatic rings. The monoisotopic (exact) mass is 302 g/mol. The van der Waals surface area contributed by atoms with Crippen LogP contribution in [0.1, 0.15) is 37.7 Å². The largest absolute Gasteiger partial charge is 0.465 e. The van der Waals surface area contributed by atoms with Gasteiger partial charge in [-0.25, -0.2) is 4.79 Å². The average molecular weight is 302 g/mol. The number of nitrogens with zero attached hydrogens (tertiary/aromatic N) is 1. The highest BCUT2D eigenvalue weighted by atomic mass is 32.1. The number of hydrogen-bond donors (Lipinski definition) is 1. The van der Waals surface area contributed by atoms with E-state index >= 15 is 0 Å². The van der Waals surface area contributed by atoms with Crippen LogP contribution in [0, 0.1) is 0 Å². The number of fused-ring (bicyclic) bond motifs is 1. The Bertz CT molecular complexity index is 694. The van der Waals surface area contributed by atoms with Crippen LogP contribution in [0.2, 0.25) is 0 Å². The zero-order valence-corrected chi connectivity index (χ0v) is 12.3. The van der Waals surface area contributed by atoms with E-state index in [2.05, 4.69) is 10.3 Å². The first kappa shape index (κ1) is 13.8. The molecular formula is C15H14N2O3S. The number of ether oxygens (including phenoxy) is 1. The lowest BCUT2D eigenvalue weighted by Crippen LogP contribution is -2.15. The zero-order valence-electron chi connectivity index (χ0n) is 11.5. The maximum atomic E-state index is 12.2. The molecule has 0 fully saturated rings. The van der Waals surface area contributed by atoms with Crippen molar-refractivity contribution in [1.29, 1.82) is 0 Å². The summed E-state index contributed by atoms with van der Waals surface area (Å²) in [7, 11) is 1.35. The second kappa shape index (κ2) is 5.65. The van der Waals surface area contributed by atoms with Crippen LogP contribution in [-0.2, 0) is 17.6 Å². The summed E-state index contributed by atoms with van der Waals surface area (Å²) in [4.78, 5) is 29.3. The van der Waals surface area contributed by atoms with Gasteiger partial charge < -0.3 is 10.1 Å². The number of carbonyl (C=O) groups is 2. The number of amides is 1. The molecule has 0 aliphatic heterocycles. The van der Waals surface area contributed by atoms with Crippen LogP contribution in [0.25, 0.3) is 0 Å². The van der Waals surface area contributed by atoms with E-state index in [0.717, 1.165) is 29.7 Å². The lowest BCUT2D eigenvalue weighted by atomic mass is 10.1. The van der Waals surface area contributed by atoms with Crippen LogP contribution in [-0.4, -0.2) is 24.0 Å². The fourth-order valence-corrected chi connectivity index (χ4v) is 3.75. The molecule has 0 atom stereocenters. The predicted octanol–water partition coefficient (Wildman–Crippen LogP) is 2.67. The Kier molecular flexibility index (Phi) is 3.70. The Hall–Kier alpha value is -2.21. The van der Waals surface area contributed by atoms with Crippen molar-refractivity contribution in [1.82, 2.24) is 4.98 Å². The average Bonchev–Trinajstić information content (AvgIpc) is 3.07. The zero-order chi connectivity index (χ0) is 14.8. The number of carbonyl (C=O) groups excluding carboxylic acids is 2. The number of hydrogen-bond acceptors (Lipinski definition) is 5. The van der Waals surface area contributed by atoms with Crippen molar-refractivity contribution >= 4 is 28.2 Å². The van der Waals surface area contributed by atoms with Crippen molar-refractivity contribution in [3.8, 4) is 0 Å². The molecule has 1 aliphatic rings. The minimum Gasteiger partial charge on any atom is -0.465 e. The standard InChI is InChI=1S/C15H14N2O3S/c1-20-15(19)12-9-5-4-7-11(9)21-14(12)17-13(18)10-6-2-3-8-16-10/h2-3,6,8H,4-5,7H2,1H3,(H,17,18). The fourth-order valence-electron chi connectivity index (χ4n) is 2.47. The number of esters is 1. The second-order valence-electron chi connectivity index (χ2n) is 4.72. The Morgan fingerprint density at radius 3 is 2.90 bits per heavy atom. The summed E-state index contributed by atoms with van der Waals surface area (Å²) in [5.41, 5.74) is 1.84. The quantitative estimate of drug-likeness (QED) is 0.885. The van der Waals surface area contributed by atoms with Crippen LogP contribution < -0.4 is 5.32 Å². The highest BCUT2D eigenvalue weighted by molar-refractivity contribution is 7.17.